The minimum Gasteiger partial charge on any atom is -0.366 e. The van der Waals surface area contributed by atoms with Gasteiger partial charge in [-0.1, -0.05) is 17.7 Å². The lowest BCUT2D eigenvalue weighted by molar-refractivity contribution is 0.100. The molecule has 4 N–H and O–H groups in total. The molecule has 1 aromatic heterocycles. The summed E-state index contributed by atoms with van der Waals surface area (Å²) in [6.07, 6.45) is 3.87. The second kappa shape index (κ2) is 5.01. The molecule has 0 fully saturated rings. The van der Waals surface area contributed by atoms with Crippen LogP contribution in [0.5, 0.6) is 0 Å². The Bertz CT molecular complexity index is 574. The molecule has 5 heteroatoms. The molecule has 18 heavy (non-hydrogen) atoms. The third kappa shape index (κ3) is 2.41. The van der Waals surface area contributed by atoms with Crippen LogP contribution in [0, 0.1) is 6.92 Å². The Morgan fingerprint density at radius 3 is 2.83 bits per heavy atom. The highest BCUT2D eigenvalue weighted by Gasteiger charge is 2.09. The van der Waals surface area contributed by atoms with Crippen LogP contribution < -0.4 is 11.5 Å². The summed E-state index contributed by atoms with van der Waals surface area (Å²) < 4.78 is 1.66. The first-order valence-corrected chi connectivity index (χ1v) is 5.76. The van der Waals surface area contributed by atoms with Crippen molar-refractivity contribution in [2.24, 2.45) is 11.5 Å². The highest BCUT2D eigenvalue weighted by atomic mass is 16.1. The van der Waals surface area contributed by atoms with Crippen LogP contribution in [0.25, 0.3) is 5.69 Å². The van der Waals surface area contributed by atoms with Crippen molar-refractivity contribution in [3.05, 3.63) is 47.3 Å². The van der Waals surface area contributed by atoms with E-state index in [4.69, 9.17) is 11.5 Å². The Labute approximate surface area is 105 Å². The normalized spacial score (nSPS) is 10.6. The molecule has 0 saturated heterocycles. The van der Waals surface area contributed by atoms with Crippen LogP contribution in [0.3, 0.4) is 0 Å². The second-order valence-corrected chi connectivity index (χ2v) is 4.21. The first kappa shape index (κ1) is 12.3. The zero-order valence-electron chi connectivity index (χ0n) is 10.3. The van der Waals surface area contributed by atoms with E-state index >= 15 is 0 Å². The maximum Gasteiger partial charge on any atom is 0.251 e. The van der Waals surface area contributed by atoms with Crippen molar-refractivity contribution in [1.82, 2.24) is 9.78 Å². The van der Waals surface area contributed by atoms with E-state index in [1.54, 1.807) is 10.9 Å². The van der Waals surface area contributed by atoms with Gasteiger partial charge in [-0.05, 0) is 31.5 Å². The lowest BCUT2D eigenvalue weighted by Crippen LogP contribution is -2.10. The number of amides is 1. The second-order valence-electron chi connectivity index (χ2n) is 4.21. The molecule has 0 spiro atoms. The van der Waals surface area contributed by atoms with Gasteiger partial charge in [0.25, 0.3) is 5.91 Å². The van der Waals surface area contributed by atoms with Crippen molar-refractivity contribution in [3.8, 4) is 5.69 Å². The smallest absolute Gasteiger partial charge is 0.251 e. The number of hydrogen-bond acceptors (Lipinski definition) is 3. The average molecular weight is 244 g/mol. The number of aryl methyl sites for hydroxylation is 1. The molecule has 0 aliphatic carbocycles. The number of hydrogen-bond donors (Lipinski definition) is 2. The third-order valence-electron chi connectivity index (χ3n) is 2.76. The number of nitrogens with two attached hydrogens (primary N) is 2. The van der Waals surface area contributed by atoms with Gasteiger partial charge >= 0.3 is 0 Å². The molecular weight excluding hydrogens is 228 g/mol. The van der Waals surface area contributed by atoms with Gasteiger partial charge in [0.15, 0.2) is 0 Å². The third-order valence-corrected chi connectivity index (χ3v) is 2.76. The maximum absolute atomic E-state index is 11.1. The van der Waals surface area contributed by atoms with E-state index in [2.05, 4.69) is 11.2 Å². The van der Waals surface area contributed by atoms with Crippen LogP contribution in [0.1, 0.15) is 21.5 Å². The van der Waals surface area contributed by atoms with Crippen LogP contribution in [-0.4, -0.2) is 22.2 Å². The van der Waals surface area contributed by atoms with Crippen LogP contribution >= 0.6 is 0 Å². The summed E-state index contributed by atoms with van der Waals surface area (Å²) in [4.78, 5) is 11.1. The molecule has 0 unspecified atom stereocenters. The Kier molecular flexibility index (Phi) is 3.43. The number of carbonyl (C=O) groups is 1. The average Bonchev–Trinajstić information content (AvgIpc) is 2.79. The van der Waals surface area contributed by atoms with Crippen LogP contribution in [0.15, 0.2) is 30.6 Å². The maximum atomic E-state index is 11.1. The zero-order valence-corrected chi connectivity index (χ0v) is 10.3. The number of carbonyl (C=O) groups excluding carboxylic acids is 1. The topological polar surface area (TPSA) is 86.9 Å². The van der Waals surface area contributed by atoms with E-state index in [1.807, 2.05) is 19.1 Å². The zero-order chi connectivity index (χ0) is 13.1. The molecule has 94 valence electrons. The SMILES string of the molecule is Cc1ccc(-n2cc(C(N)=O)cn2)c(CCN)c1. The van der Waals surface area contributed by atoms with Crippen LogP contribution in [0.2, 0.25) is 0 Å². The minimum atomic E-state index is -0.478. The van der Waals surface area contributed by atoms with Crippen molar-refractivity contribution in [3.63, 3.8) is 0 Å². The van der Waals surface area contributed by atoms with Gasteiger partial charge in [0.2, 0.25) is 0 Å². The van der Waals surface area contributed by atoms with E-state index < -0.39 is 5.91 Å². The summed E-state index contributed by atoms with van der Waals surface area (Å²) in [5.74, 6) is -0.478. The number of aromatic nitrogens is 2. The fourth-order valence-electron chi connectivity index (χ4n) is 1.88. The fraction of sp³-hybridized carbons (Fsp3) is 0.231. The summed E-state index contributed by atoms with van der Waals surface area (Å²) in [7, 11) is 0. The van der Waals surface area contributed by atoms with Crippen LogP contribution in [-0.2, 0) is 6.42 Å². The van der Waals surface area contributed by atoms with Crippen molar-refractivity contribution >= 4 is 5.91 Å². The quantitative estimate of drug-likeness (QED) is 0.833. The van der Waals surface area contributed by atoms with Gasteiger partial charge in [0, 0.05) is 6.20 Å². The Hall–Kier alpha value is -2.14. The Morgan fingerprint density at radius 1 is 1.44 bits per heavy atom. The highest BCUT2D eigenvalue weighted by Crippen LogP contribution is 2.17. The molecule has 0 atom stereocenters. The summed E-state index contributed by atoms with van der Waals surface area (Å²) in [5, 5.41) is 4.16. The molecule has 1 heterocycles. The number of nitrogens with zero attached hydrogens (tertiary/aromatic N) is 2. The molecule has 5 nitrogen and oxygen atoms in total. The molecule has 0 saturated carbocycles. The van der Waals surface area contributed by atoms with Crippen molar-refractivity contribution < 1.29 is 4.79 Å². The van der Waals surface area contributed by atoms with Crippen molar-refractivity contribution in [2.75, 3.05) is 6.54 Å². The first-order valence-electron chi connectivity index (χ1n) is 5.76. The lowest BCUT2D eigenvalue weighted by atomic mass is 10.1. The number of benzene rings is 1. The van der Waals surface area contributed by atoms with Crippen LogP contribution in [0.4, 0.5) is 0 Å². The Morgan fingerprint density at radius 2 is 2.22 bits per heavy atom. The molecule has 1 amide bonds. The lowest BCUT2D eigenvalue weighted by Gasteiger charge is -2.09. The fourth-order valence-corrected chi connectivity index (χ4v) is 1.88. The summed E-state index contributed by atoms with van der Waals surface area (Å²) in [6.45, 7) is 2.60. The summed E-state index contributed by atoms with van der Waals surface area (Å²) in [5.41, 5.74) is 14.4. The largest absolute Gasteiger partial charge is 0.366 e. The van der Waals surface area contributed by atoms with E-state index in [1.165, 1.54) is 11.8 Å². The molecule has 2 aromatic rings. The minimum absolute atomic E-state index is 0.397. The van der Waals surface area contributed by atoms with Gasteiger partial charge in [-0.3, -0.25) is 4.79 Å². The summed E-state index contributed by atoms with van der Waals surface area (Å²) in [6, 6.07) is 6.05. The van der Waals surface area contributed by atoms with Crippen molar-refractivity contribution in [1.29, 1.82) is 0 Å². The molecule has 2 rings (SSSR count). The molecule has 0 radical (unpaired) electrons. The predicted molar refractivity (Wildman–Crippen MR) is 69.6 cm³/mol. The van der Waals surface area contributed by atoms with Gasteiger partial charge in [-0.2, -0.15) is 5.10 Å². The van der Waals surface area contributed by atoms with Gasteiger partial charge in [-0.25, -0.2) is 4.68 Å². The van der Waals surface area contributed by atoms with Gasteiger partial charge < -0.3 is 11.5 Å². The van der Waals surface area contributed by atoms with E-state index in [0.717, 1.165) is 17.7 Å². The molecule has 0 bridgehead atoms. The molecule has 0 aliphatic heterocycles. The van der Waals surface area contributed by atoms with Crippen molar-refractivity contribution in [2.45, 2.75) is 13.3 Å². The van der Waals surface area contributed by atoms with E-state index in [9.17, 15) is 4.79 Å². The van der Waals surface area contributed by atoms with E-state index in [-0.39, 0.29) is 0 Å². The predicted octanol–water partition coefficient (Wildman–Crippen LogP) is 0.781. The number of primary amides is 1. The molecule has 0 aliphatic rings. The first-order chi connectivity index (χ1) is 8.61. The number of rotatable bonds is 4. The standard InChI is InChI=1S/C13H16N4O/c1-9-2-3-12(10(6-9)4-5-14)17-8-11(7-16-17)13(15)18/h2-3,6-8H,4-5,14H2,1H3,(H2,15,18). The molecule has 1 aromatic carbocycles. The van der Waals surface area contributed by atoms with Gasteiger partial charge in [-0.15, -0.1) is 0 Å². The van der Waals surface area contributed by atoms with E-state index in [0.29, 0.717) is 12.1 Å². The monoisotopic (exact) mass is 244 g/mol. The molecular formula is C13H16N4O. The Balaban J connectivity index is 2.45. The highest BCUT2D eigenvalue weighted by molar-refractivity contribution is 5.92. The van der Waals surface area contributed by atoms with Gasteiger partial charge in [0.1, 0.15) is 0 Å². The van der Waals surface area contributed by atoms with Gasteiger partial charge in [0.05, 0.1) is 17.4 Å². The summed E-state index contributed by atoms with van der Waals surface area (Å²) >= 11 is 0.